The first-order chi connectivity index (χ1) is 16.1. The molecule has 5 rings (SSSR count). The molecule has 1 aliphatic carbocycles. The largest absolute Gasteiger partial charge is 0.497 e. The fourth-order valence-electron chi connectivity index (χ4n) is 3.63. The van der Waals surface area contributed by atoms with Crippen LogP contribution in [0.4, 0.5) is 10.6 Å². The summed E-state index contributed by atoms with van der Waals surface area (Å²) < 4.78 is 7.29. The summed E-state index contributed by atoms with van der Waals surface area (Å²) in [4.78, 5) is 21.9. The van der Waals surface area contributed by atoms with Crippen molar-refractivity contribution < 1.29 is 14.6 Å². The van der Waals surface area contributed by atoms with E-state index < -0.39 is 6.09 Å². The molecule has 4 aromatic rings. The molecule has 3 heterocycles. The number of thiophene rings is 1. The first-order valence-electron chi connectivity index (χ1n) is 10.3. The first-order valence-corrected chi connectivity index (χ1v) is 11.1. The van der Waals surface area contributed by atoms with Crippen molar-refractivity contribution in [1.29, 1.82) is 0 Å². The number of anilines is 1. The molecule has 0 aliphatic heterocycles. The van der Waals surface area contributed by atoms with E-state index in [4.69, 9.17) is 9.84 Å². The molecule has 0 atom stereocenters. The average molecular weight is 460 g/mol. The Morgan fingerprint density at radius 2 is 1.97 bits per heavy atom. The van der Waals surface area contributed by atoms with Crippen molar-refractivity contribution in [3.8, 4) is 16.2 Å². The maximum Gasteiger partial charge on any atom is 0.404 e. The second-order valence-electron chi connectivity index (χ2n) is 7.41. The molecule has 8 nitrogen and oxygen atoms in total. The van der Waals surface area contributed by atoms with Crippen LogP contribution in [0.15, 0.2) is 67.2 Å². The topological polar surface area (TPSA) is 101 Å². The number of carboxylic acid groups (broad SMARTS) is 1. The Labute approximate surface area is 193 Å². The van der Waals surface area contributed by atoms with E-state index in [1.165, 1.54) is 0 Å². The molecule has 9 heteroatoms. The lowest BCUT2D eigenvalue weighted by Gasteiger charge is -2.11. The lowest BCUT2D eigenvalue weighted by molar-refractivity contribution is 0.194. The van der Waals surface area contributed by atoms with Gasteiger partial charge in [0, 0.05) is 33.8 Å². The second kappa shape index (κ2) is 8.79. The Hall–Kier alpha value is -4.11. The molecule has 0 saturated heterocycles. The Morgan fingerprint density at radius 3 is 2.67 bits per heavy atom. The molecule has 3 N–H and O–H groups in total. The Balaban J connectivity index is 1.51. The van der Waals surface area contributed by atoms with Crippen molar-refractivity contribution in [1.82, 2.24) is 19.9 Å². The zero-order chi connectivity index (χ0) is 22.8. The number of allylic oxidation sites excluding steroid dienone is 4. The van der Waals surface area contributed by atoms with Crippen LogP contribution in [-0.4, -0.2) is 32.8 Å². The van der Waals surface area contributed by atoms with Gasteiger partial charge in [-0.3, -0.25) is 0 Å². The van der Waals surface area contributed by atoms with Crippen LogP contribution >= 0.6 is 11.3 Å². The zero-order valence-electron chi connectivity index (χ0n) is 17.8. The van der Waals surface area contributed by atoms with Gasteiger partial charge in [0.2, 0.25) is 0 Å². The molecule has 1 aliphatic rings. The average Bonchev–Trinajstić information content (AvgIpc) is 3.41. The van der Waals surface area contributed by atoms with E-state index in [0.717, 1.165) is 49.2 Å². The molecule has 1 aromatic carbocycles. The highest BCUT2D eigenvalue weighted by Gasteiger charge is 2.19. The summed E-state index contributed by atoms with van der Waals surface area (Å²) in [6.45, 7) is 0.868. The number of fused-ring (bicyclic) bond motifs is 1. The van der Waals surface area contributed by atoms with E-state index in [1.54, 1.807) is 24.8 Å². The van der Waals surface area contributed by atoms with Gasteiger partial charge in [0.1, 0.15) is 17.9 Å². The molecule has 166 valence electrons. The van der Waals surface area contributed by atoms with E-state index in [2.05, 4.69) is 31.4 Å². The number of amides is 1. The minimum absolute atomic E-state index is 0.269. The predicted molar refractivity (Wildman–Crippen MR) is 129 cm³/mol. The van der Waals surface area contributed by atoms with Gasteiger partial charge in [-0.25, -0.2) is 14.8 Å². The van der Waals surface area contributed by atoms with Crippen molar-refractivity contribution in [2.24, 2.45) is 0 Å². The molecular formula is C24H21N5O3S. The number of benzene rings is 1. The van der Waals surface area contributed by atoms with Crippen LogP contribution < -0.4 is 15.4 Å². The van der Waals surface area contributed by atoms with Gasteiger partial charge < -0.3 is 25.0 Å². The molecule has 0 radical (unpaired) electrons. The molecule has 0 unspecified atom stereocenters. The van der Waals surface area contributed by atoms with Gasteiger partial charge in [-0.1, -0.05) is 18.2 Å². The predicted octanol–water partition coefficient (Wildman–Crippen LogP) is 4.96. The molecule has 0 spiro atoms. The molecule has 3 aromatic heterocycles. The molecule has 0 saturated carbocycles. The monoisotopic (exact) mass is 459 g/mol. The van der Waals surface area contributed by atoms with Crippen molar-refractivity contribution in [3.63, 3.8) is 0 Å². The quantitative estimate of drug-likeness (QED) is 0.344. The van der Waals surface area contributed by atoms with Crippen LogP contribution in [0.1, 0.15) is 10.4 Å². The highest BCUT2D eigenvalue weighted by Crippen LogP contribution is 2.39. The summed E-state index contributed by atoms with van der Waals surface area (Å²) >= 11 is 1.55. The Bertz CT molecular complexity index is 1390. The zero-order valence-corrected chi connectivity index (χ0v) is 18.6. The van der Waals surface area contributed by atoms with Crippen LogP contribution in [0.2, 0.25) is 0 Å². The van der Waals surface area contributed by atoms with E-state index in [0.29, 0.717) is 6.54 Å². The fourth-order valence-corrected chi connectivity index (χ4v) is 4.60. The highest BCUT2D eigenvalue weighted by molar-refractivity contribution is 7.15. The van der Waals surface area contributed by atoms with Crippen molar-refractivity contribution in [2.75, 3.05) is 12.4 Å². The van der Waals surface area contributed by atoms with Crippen molar-refractivity contribution in [3.05, 3.63) is 77.6 Å². The SMILES string of the molecule is COc1ccc(CNc2ncnc3c2c(-c2ccc(CNC(=O)O)s2)cn3C2=CC=C2)cc1. The third-order valence-corrected chi connectivity index (χ3v) is 6.47. The van der Waals surface area contributed by atoms with Crippen LogP contribution in [0.25, 0.3) is 27.2 Å². The number of ether oxygens (including phenoxy) is 1. The molecule has 0 fully saturated rings. The lowest BCUT2D eigenvalue weighted by Crippen LogP contribution is -2.19. The van der Waals surface area contributed by atoms with Gasteiger partial charge in [0.25, 0.3) is 0 Å². The molecule has 1 amide bonds. The highest BCUT2D eigenvalue weighted by atomic mass is 32.1. The Kier molecular flexibility index (Phi) is 5.54. The smallest absolute Gasteiger partial charge is 0.404 e. The summed E-state index contributed by atoms with van der Waals surface area (Å²) in [5.74, 6) is 1.56. The summed E-state index contributed by atoms with van der Waals surface area (Å²) in [6, 6.07) is 11.8. The third kappa shape index (κ3) is 4.18. The van der Waals surface area contributed by atoms with Gasteiger partial charge in [-0.05, 0) is 42.0 Å². The summed E-state index contributed by atoms with van der Waals surface area (Å²) in [7, 11) is 1.65. The van der Waals surface area contributed by atoms with Crippen LogP contribution in [0.5, 0.6) is 5.75 Å². The number of nitrogens with one attached hydrogen (secondary N) is 2. The molecule has 0 bridgehead atoms. The van der Waals surface area contributed by atoms with Crippen LogP contribution in [0.3, 0.4) is 0 Å². The lowest BCUT2D eigenvalue weighted by atomic mass is 10.2. The number of nitrogens with zero attached hydrogens (tertiary/aromatic N) is 3. The van der Waals surface area contributed by atoms with Gasteiger partial charge >= 0.3 is 6.09 Å². The maximum absolute atomic E-state index is 10.9. The van der Waals surface area contributed by atoms with E-state index in [1.807, 2.05) is 54.6 Å². The first kappa shape index (κ1) is 20.8. The normalized spacial score (nSPS) is 12.3. The number of methoxy groups -OCH3 is 1. The molecule has 33 heavy (non-hydrogen) atoms. The minimum atomic E-state index is -1.04. The van der Waals surface area contributed by atoms with E-state index >= 15 is 0 Å². The minimum Gasteiger partial charge on any atom is -0.497 e. The van der Waals surface area contributed by atoms with Gasteiger partial charge in [0.15, 0.2) is 5.65 Å². The third-order valence-electron chi connectivity index (χ3n) is 5.36. The van der Waals surface area contributed by atoms with Crippen LogP contribution in [0, 0.1) is 0 Å². The number of carbonyl (C=O) groups is 1. The van der Waals surface area contributed by atoms with Gasteiger partial charge in [-0.2, -0.15) is 0 Å². The number of hydrogen-bond acceptors (Lipinski definition) is 6. The van der Waals surface area contributed by atoms with Gasteiger partial charge in [-0.15, -0.1) is 11.3 Å². The number of rotatable bonds is 8. The van der Waals surface area contributed by atoms with Crippen molar-refractivity contribution >= 4 is 40.0 Å². The van der Waals surface area contributed by atoms with E-state index in [9.17, 15) is 4.79 Å². The summed E-state index contributed by atoms with van der Waals surface area (Å²) in [6.07, 6.45) is 8.65. The Morgan fingerprint density at radius 1 is 1.15 bits per heavy atom. The fraction of sp³-hybridized carbons (Fsp3) is 0.125. The van der Waals surface area contributed by atoms with Crippen LogP contribution in [-0.2, 0) is 13.1 Å². The molecular weight excluding hydrogens is 438 g/mol. The number of hydrogen-bond donors (Lipinski definition) is 3. The van der Waals surface area contributed by atoms with Gasteiger partial charge in [0.05, 0.1) is 19.0 Å². The summed E-state index contributed by atoms with van der Waals surface area (Å²) in [5.41, 5.74) is 3.96. The standard InChI is InChI=1S/C24H21N5O3S/c1-32-17-7-5-15(6-8-17)11-25-22-21-19(20-10-9-18(33-20)12-26-24(30)31)13-29(16-3-2-4-16)23(21)28-14-27-22/h2-10,13-14,26H,11-12H2,1H3,(H,30,31)(H,25,27,28). The van der Waals surface area contributed by atoms with Crippen molar-refractivity contribution in [2.45, 2.75) is 13.1 Å². The van der Waals surface area contributed by atoms with E-state index in [-0.39, 0.29) is 6.54 Å². The second-order valence-corrected chi connectivity index (χ2v) is 8.58. The number of aromatic nitrogens is 3. The summed E-state index contributed by atoms with van der Waals surface area (Å²) in [5, 5.41) is 15.7. The maximum atomic E-state index is 10.9.